The SMILES string of the molecule is Cc1cc(CC(=O)CC2CCC(CCN3CCc4nc(OCC(F)F)sc4CC3)CC2)ccn1. The van der Waals surface area contributed by atoms with Crippen LogP contribution in [0.2, 0.25) is 0 Å². The third-order valence-electron chi connectivity index (χ3n) is 7.11. The number of aryl methyl sites for hydroxylation is 1. The number of aromatic nitrogens is 2. The molecule has 0 aromatic carbocycles. The van der Waals surface area contributed by atoms with Crippen LogP contribution >= 0.6 is 11.3 Å². The Morgan fingerprint density at radius 1 is 1.21 bits per heavy atom. The molecule has 0 spiro atoms. The van der Waals surface area contributed by atoms with Gasteiger partial charge in [0.25, 0.3) is 11.6 Å². The maximum atomic E-state index is 12.5. The van der Waals surface area contributed by atoms with Gasteiger partial charge >= 0.3 is 0 Å². The lowest BCUT2D eigenvalue weighted by Gasteiger charge is -2.30. The average molecular weight is 492 g/mol. The van der Waals surface area contributed by atoms with E-state index in [1.165, 1.54) is 35.5 Å². The highest BCUT2D eigenvalue weighted by molar-refractivity contribution is 7.13. The van der Waals surface area contributed by atoms with Crippen molar-refractivity contribution in [3.63, 3.8) is 0 Å². The molecule has 3 heterocycles. The van der Waals surface area contributed by atoms with Crippen LogP contribution in [0.5, 0.6) is 5.19 Å². The van der Waals surface area contributed by atoms with Crippen LogP contribution in [0.3, 0.4) is 0 Å². The Morgan fingerprint density at radius 2 is 1.97 bits per heavy atom. The number of hydrogen-bond donors (Lipinski definition) is 0. The first-order valence-electron chi connectivity index (χ1n) is 12.5. The highest BCUT2D eigenvalue weighted by Gasteiger charge is 2.25. The van der Waals surface area contributed by atoms with Crippen LogP contribution in [0, 0.1) is 18.8 Å². The van der Waals surface area contributed by atoms with Crippen molar-refractivity contribution in [1.82, 2.24) is 14.9 Å². The second-order valence-corrected chi connectivity index (χ2v) is 10.8. The molecular weight excluding hydrogens is 456 g/mol. The summed E-state index contributed by atoms with van der Waals surface area (Å²) in [5.41, 5.74) is 3.06. The third-order valence-corrected chi connectivity index (χ3v) is 8.18. The highest BCUT2D eigenvalue weighted by Crippen LogP contribution is 2.34. The number of fused-ring (bicyclic) bond motifs is 1. The summed E-state index contributed by atoms with van der Waals surface area (Å²) in [7, 11) is 0. The van der Waals surface area contributed by atoms with Gasteiger partial charge in [0.15, 0.2) is 6.61 Å². The van der Waals surface area contributed by atoms with Crippen LogP contribution in [0.25, 0.3) is 0 Å². The molecule has 0 N–H and O–H groups in total. The number of Topliss-reactive ketones (excluding diaryl/α,β-unsaturated/α-hetero) is 1. The van der Waals surface area contributed by atoms with Crippen LogP contribution in [0.15, 0.2) is 18.3 Å². The maximum absolute atomic E-state index is 12.5. The average Bonchev–Trinajstić information content (AvgIpc) is 3.10. The van der Waals surface area contributed by atoms with Crippen molar-refractivity contribution in [3.8, 4) is 5.19 Å². The van der Waals surface area contributed by atoms with Gasteiger partial charge in [-0.25, -0.2) is 13.8 Å². The zero-order chi connectivity index (χ0) is 23.9. The molecule has 186 valence electrons. The van der Waals surface area contributed by atoms with E-state index in [-0.39, 0.29) is 0 Å². The molecule has 34 heavy (non-hydrogen) atoms. The van der Waals surface area contributed by atoms with Gasteiger partial charge in [0.05, 0.1) is 5.69 Å². The Morgan fingerprint density at radius 3 is 2.74 bits per heavy atom. The summed E-state index contributed by atoms with van der Waals surface area (Å²) >= 11 is 1.42. The smallest absolute Gasteiger partial charge is 0.273 e. The Kier molecular flexibility index (Phi) is 9.00. The van der Waals surface area contributed by atoms with E-state index in [9.17, 15) is 13.6 Å². The molecular formula is C26H35F2N3O2S. The number of hydrogen-bond acceptors (Lipinski definition) is 6. The number of carbonyl (C=O) groups is 1. The van der Waals surface area contributed by atoms with E-state index in [4.69, 9.17) is 4.74 Å². The van der Waals surface area contributed by atoms with Crippen LogP contribution in [-0.2, 0) is 24.1 Å². The quantitative estimate of drug-likeness (QED) is 0.452. The topological polar surface area (TPSA) is 55.3 Å². The van der Waals surface area contributed by atoms with E-state index in [1.54, 1.807) is 6.20 Å². The van der Waals surface area contributed by atoms with E-state index in [2.05, 4.69) is 14.9 Å². The fourth-order valence-corrected chi connectivity index (χ4v) is 6.18. The zero-order valence-electron chi connectivity index (χ0n) is 20.0. The molecule has 4 rings (SSSR count). The second-order valence-electron chi connectivity index (χ2n) is 9.79. The largest absolute Gasteiger partial charge is 0.464 e. The molecule has 2 aromatic rings. The molecule has 2 aliphatic rings. The molecule has 0 amide bonds. The fourth-order valence-electron chi connectivity index (χ4n) is 5.23. The van der Waals surface area contributed by atoms with E-state index < -0.39 is 13.0 Å². The molecule has 0 unspecified atom stereocenters. The first-order valence-corrected chi connectivity index (χ1v) is 13.3. The van der Waals surface area contributed by atoms with Crippen LogP contribution < -0.4 is 4.74 Å². The minimum atomic E-state index is -2.47. The minimum absolute atomic E-state index is 0.349. The normalized spacial score (nSPS) is 21.3. The molecule has 8 heteroatoms. The number of rotatable bonds is 10. The van der Waals surface area contributed by atoms with Crippen molar-refractivity contribution in [2.75, 3.05) is 26.2 Å². The molecule has 0 bridgehead atoms. The number of nitrogens with zero attached hydrogens (tertiary/aromatic N) is 3. The lowest BCUT2D eigenvalue weighted by Crippen LogP contribution is -2.30. The Hall–Kier alpha value is -1.93. The molecule has 1 aliphatic heterocycles. The lowest BCUT2D eigenvalue weighted by atomic mass is 9.78. The summed E-state index contributed by atoms with van der Waals surface area (Å²) in [5, 5.41) is 0.380. The zero-order valence-corrected chi connectivity index (χ0v) is 20.8. The maximum Gasteiger partial charge on any atom is 0.273 e. The number of thiazole rings is 1. The summed E-state index contributed by atoms with van der Waals surface area (Å²) in [6.45, 7) is 4.42. The van der Waals surface area contributed by atoms with Crippen LogP contribution in [0.1, 0.15) is 60.4 Å². The fraction of sp³-hybridized carbons (Fsp3) is 0.654. The van der Waals surface area contributed by atoms with Crippen LogP contribution in [-0.4, -0.2) is 53.3 Å². The monoisotopic (exact) mass is 491 g/mol. The van der Waals surface area contributed by atoms with Gasteiger partial charge in [0.2, 0.25) is 0 Å². The molecule has 2 aromatic heterocycles. The second kappa shape index (κ2) is 12.2. The van der Waals surface area contributed by atoms with Crippen molar-refractivity contribution in [2.24, 2.45) is 11.8 Å². The van der Waals surface area contributed by atoms with Crippen molar-refractivity contribution in [2.45, 2.75) is 71.1 Å². The number of carbonyl (C=O) groups excluding carboxylic acids is 1. The van der Waals surface area contributed by atoms with E-state index >= 15 is 0 Å². The van der Waals surface area contributed by atoms with Gasteiger partial charge in [-0.3, -0.25) is 9.78 Å². The van der Waals surface area contributed by atoms with Crippen molar-refractivity contribution < 1.29 is 18.3 Å². The van der Waals surface area contributed by atoms with Gasteiger partial charge in [-0.05, 0) is 68.7 Å². The number of alkyl halides is 2. The molecule has 0 saturated heterocycles. The van der Waals surface area contributed by atoms with Gasteiger partial charge in [0, 0.05) is 49.1 Å². The third kappa shape index (κ3) is 7.54. The Labute approximate surface area is 204 Å². The van der Waals surface area contributed by atoms with E-state index in [0.29, 0.717) is 29.7 Å². The van der Waals surface area contributed by atoms with E-state index in [0.717, 1.165) is 68.2 Å². The van der Waals surface area contributed by atoms with Gasteiger partial charge in [-0.2, -0.15) is 0 Å². The number of ketones is 1. The molecule has 0 atom stereocenters. The first-order chi connectivity index (χ1) is 16.4. The number of pyridine rings is 1. The van der Waals surface area contributed by atoms with Gasteiger partial charge < -0.3 is 9.64 Å². The molecule has 1 aliphatic carbocycles. The minimum Gasteiger partial charge on any atom is -0.464 e. The molecule has 1 fully saturated rings. The number of halogens is 2. The van der Waals surface area contributed by atoms with Gasteiger partial charge in [-0.15, -0.1) is 0 Å². The first kappa shape index (κ1) is 25.2. The standard InChI is InChI=1S/C26H35F2N3O2S/c1-18-14-21(6-10-29-18)16-22(32)15-20-4-2-19(3-5-20)7-11-31-12-8-23-24(9-13-31)34-26(30-23)33-17-25(27)28/h6,10,14,19-20,25H,2-5,7-9,11-13,15-17H2,1H3. The van der Waals surface area contributed by atoms with Crippen molar-refractivity contribution >= 4 is 17.1 Å². The summed E-state index contributed by atoms with van der Waals surface area (Å²) < 4.78 is 29.8. The summed E-state index contributed by atoms with van der Waals surface area (Å²) in [6, 6.07) is 3.95. The summed E-state index contributed by atoms with van der Waals surface area (Å²) in [6.07, 6.45) is 8.30. The molecule has 5 nitrogen and oxygen atoms in total. The van der Waals surface area contributed by atoms with Gasteiger partial charge in [0.1, 0.15) is 5.78 Å². The van der Waals surface area contributed by atoms with Crippen molar-refractivity contribution in [1.29, 1.82) is 0 Å². The van der Waals surface area contributed by atoms with Crippen LogP contribution in [0.4, 0.5) is 8.78 Å². The predicted octanol–water partition coefficient (Wildman–Crippen LogP) is 5.29. The van der Waals surface area contributed by atoms with Crippen molar-refractivity contribution in [3.05, 3.63) is 40.2 Å². The van der Waals surface area contributed by atoms with E-state index in [1.807, 2.05) is 19.1 Å². The lowest BCUT2D eigenvalue weighted by molar-refractivity contribution is -0.119. The Balaban J connectivity index is 1.13. The summed E-state index contributed by atoms with van der Waals surface area (Å²) in [4.78, 5) is 24.9. The Bertz CT molecular complexity index is 918. The summed E-state index contributed by atoms with van der Waals surface area (Å²) in [5.74, 6) is 1.63. The van der Waals surface area contributed by atoms with Gasteiger partial charge in [-0.1, -0.05) is 24.2 Å². The molecule has 1 saturated carbocycles. The predicted molar refractivity (Wildman–Crippen MR) is 130 cm³/mol. The highest BCUT2D eigenvalue weighted by atomic mass is 32.1. The number of ether oxygens (including phenoxy) is 1. The molecule has 0 radical (unpaired) electrons.